The number of aryl methyl sites for hydroxylation is 2. The number of methoxy groups -OCH3 is 1. The van der Waals surface area contributed by atoms with E-state index in [9.17, 15) is 4.79 Å². The Morgan fingerprint density at radius 2 is 2.08 bits per heavy atom. The molecule has 0 bridgehead atoms. The van der Waals surface area contributed by atoms with Crippen molar-refractivity contribution in [3.8, 4) is 5.75 Å². The molecule has 2 rings (SSSR count). The molecule has 0 amide bonds. The molecule has 1 aromatic carbocycles. The van der Waals surface area contributed by atoms with Crippen molar-refractivity contribution < 1.29 is 14.3 Å². The summed E-state index contributed by atoms with van der Waals surface area (Å²) in [4.78, 5) is 11.3. The van der Waals surface area contributed by atoms with Crippen LogP contribution in [0.15, 0.2) is 23.4 Å². The Hall–Kier alpha value is -2.02. The number of benzene rings is 1. The van der Waals surface area contributed by atoms with Gasteiger partial charge in [-0.2, -0.15) is 0 Å². The molecule has 1 unspecified atom stereocenters. The van der Waals surface area contributed by atoms with Gasteiger partial charge < -0.3 is 14.0 Å². The molecule has 0 fully saturated rings. The first-order valence-corrected chi connectivity index (χ1v) is 8.81. The normalized spacial score (nSPS) is 12.0. The standard InChI is InChI=1S/C17H23N3O3S/c1-6-20-16(18-19-17(20)24-10-15(21)22-5)13(4)23-14-8-7-11(2)9-12(14)3/h7-9,13H,6,10H2,1-5H3. The number of esters is 1. The maximum Gasteiger partial charge on any atom is 0.316 e. The minimum atomic E-state index is -0.285. The van der Waals surface area contributed by atoms with Gasteiger partial charge in [-0.15, -0.1) is 10.2 Å². The molecule has 0 N–H and O–H groups in total. The van der Waals surface area contributed by atoms with E-state index in [0.29, 0.717) is 11.7 Å². The third kappa shape index (κ3) is 4.29. The fraction of sp³-hybridized carbons (Fsp3) is 0.471. The van der Waals surface area contributed by atoms with Gasteiger partial charge in [-0.25, -0.2) is 0 Å². The zero-order chi connectivity index (χ0) is 17.7. The zero-order valence-corrected chi connectivity index (χ0v) is 15.5. The SMILES string of the molecule is CCn1c(SCC(=O)OC)nnc1C(C)Oc1ccc(C)cc1C. The van der Waals surface area contributed by atoms with Crippen LogP contribution in [0.3, 0.4) is 0 Å². The summed E-state index contributed by atoms with van der Waals surface area (Å²) in [6.07, 6.45) is -0.244. The predicted octanol–water partition coefficient (Wildman–Crippen LogP) is 3.32. The first-order valence-electron chi connectivity index (χ1n) is 7.82. The van der Waals surface area contributed by atoms with Crippen LogP contribution in [0.5, 0.6) is 5.75 Å². The molecule has 0 spiro atoms. The summed E-state index contributed by atoms with van der Waals surface area (Å²) in [5, 5.41) is 9.12. The van der Waals surface area contributed by atoms with Crippen LogP contribution < -0.4 is 4.74 Å². The highest BCUT2D eigenvalue weighted by molar-refractivity contribution is 7.99. The van der Waals surface area contributed by atoms with Crippen LogP contribution in [0.25, 0.3) is 0 Å². The summed E-state index contributed by atoms with van der Waals surface area (Å²) < 4.78 is 12.7. The number of nitrogens with zero attached hydrogens (tertiary/aromatic N) is 3. The minimum Gasteiger partial charge on any atom is -0.482 e. The lowest BCUT2D eigenvalue weighted by Gasteiger charge is -2.17. The lowest BCUT2D eigenvalue weighted by molar-refractivity contribution is -0.137. The van der Waals surface area contributed by atoms with Gasteiger partial charge in [0.2, 0.25) is 0 Å². The van der Waals surface area contributed by atoms with Crippen LogP contribution in [-0.4, -0.2) is 33.6 Å². The van der Waals surface area contributed by atoms with E-state index in [0.717, 1.165) is 17.1 Å². The minimum absolute atomic E-state index is 0.209. The zero-order valence-electron chi connectivity index (χ0n) is 14.7. The Balaban J connectivity index is 2.15. The molecule has 0 aliphatic carbocycles. The van der Waals surface area contributed by atoms with Gasteiger partial charge in [-0.3, -0.25) is 4.79 Å². The Bertz CT molecular complexity index is 715. The number of carbonyl (C=O) groups excluding carboxylic acids is 1. The molecule has 0 saturated carbocycles. The molecule has 0 radical (unpaired) electrons. The highest BCUT2D eigenvalue weighted by atomic mass is 32.2. The summed E-state index contributed by atoms with van der Waals surface area (Å²) in [5.74, 6) is 1.50. The summed E-state index contributed by atoms with van der Waals surface area (Å²) in [6.45, 7) is 8.74. The summed E-state index contributed by atoms with van der Waals surface area (Å²) in [7, 11) is 1.37. The van der Waals surface area contributed by atoms with Crippen molar-refractivity contribution >= 4 is 17.7 Å². The van der Waals surface area contributed by atoms with Gasteiger partial charge in [0.05, 0.1) is 12.9 Å². The molecule has 0 aliphatic heterocycles. The van der Waals surface area contributed by atoms with Crippen LogP contribution in [-0.2, 0) is 16.1 Å². The molecule has 1 heterocycles. The predicted molar refractivity (Wildman–Crippen MR) is 93.4 cm³/mol. The highest BCUT2D eigenvalue weighted by Gasteiger charge is 2.20. The van der Waals surface area contributed by atoms with Gasteiger partial charge in [0.25, 0.3) is 0 Å². The van der Waals surface area contributed by atoms with Crippen molar-refractivity contribution in [3.05, 3.63) is 35.2 Å². The fourth-order valence-corrected chi connectivity index (χ4v) is 3.20. The second-order valence-corrected chi connectivity index (χ2v) is 6.42. The van der Waals surface area contributed by atoms with Gasteiger partial charge >= 0.3 is 5.97 Å². The number of aromatic nitrogens is 3. The van der Waals surface area contributed by atoms with Crippen molar-refractivity contribution in [2.24, 2.45) is 0 Å². The van der Waals surface area contributed by atoms with Crippen LogP contribution in [0.1, 0.15) is 36.9 Å². The van der Waals surface area contributed by atoms with Gasteiger partial charge in [0, 0.05) is 6.54 Å². The Labute approximate surface area is 146 Å². The molecule has 130 valence electrons. The third-order valence-electron chi connectivity index (χ3n) is 3.61. The summed E-state index contributed by atoms with van der Waals surface area (Å²) >= 11 is 1.31. The third-order valence-corrected chi connectivity index (χ3v) is 4.55. The summed E-state index contributed by atoms with van der Waals surface area (Å²) in [5.41, 5.74) is 2.29. The number of thioether (sulfide) groups is 1. The number of rotatable bonds is 7. The first-order chi connectivity index (χ1) is 11.5. The molecule has 2 aromatic rings. The van der Waals surface area contributed by atoms with Gasteiger partial charge in [-0.1, -0.05) is 29.5 Å². The van der Waals surface area contributed by atoms with Crippen LogP contribution >= 0.6 is 11.8 Å². The summed E-state index contributed by atoms with van der Waals surface area (Å²) in [6, 6.07) is 6.09. The maximum atomic E-state index is 11.3. The van der Waals surface area contributed by atoms with E-state index in [1.165, 1.54) is 24.4 Å². The van der Waals surface area contributed by atoms with Crippen LogP contribution in [0, 0.1) is 13.8 Å². The van der Waals surface area contributed by atoms with Gasteiger partial charge in [-0.05, 0) is 39.3 Å². The lowest BCUT2D eigenvalue weighted by atomic mass is 10.1. The monoisotopic (exact) mass is 349 g/mol. The molecule has 24 heavy (non-hydrogen) atoms. The van der Waals surface area contributed by atoms with E-state index in [1.807, 2.05) is 37.5 Å². The van der Waals surface area contributed by atoms with Crippen molar-refractivity contribution in [2.45, 2.75) is 45.5 Å². The second-order valence-electron chi connectivity index (χ2n) is 5.48. The van der Waals surface area contributed by atoms with E-state index in [1.54, 1.807) is 0 Å². The van der Waals surface area contributed by atoms with E-state index >= 15 is 0 Å². The van der Waals surface area contributed by atoms with E-state index < -0.39 is 0 Å². The van der Waals surface area contributed by atoms with Gasteiger partial charge in [0.1, 0.15) is 5.75 Å². The van der Waals surface area contributed by atoms with Crippen LogP contribution in [0.4, 0.5) is 0 Å². The Morgan fingerprint density at radius 1 is 1.33 bits per heavy atom. The number of carbonyl (C=O) groups is 1. The first kappa shape index (κ1) is 18.3. The van der Waals surface area contributed by atoms with Crippen molar-refractivity contribution in [2.75, 3.05) is 12.9 Å². The van der Waals surface area contributed by atoms with Crippen LogP contribution in [0.2, 0.25) is 0 Å². The number of ether oxygens (including phenoxy) is 2. The number of hydrogen-bond acceptors (Lipinski definition) is 6. The Kier molecular flexibility index (Phi) is 6.25. The molecule has 0 aliphatic rings. The topological polar surface area (TPSA) is 66.2 Å². The quantitative estimate of drug-likeness (QED) is 0.564. The lowest BCUT2D eigenvalue weighted by Crippen LogP contribution is -2.13. The maximum absolute atomic E-state index is 11.3. The van der Waals surface area contributed by atoms with E-state index in [-0.39, 0.29) is 17.8 Å². The molecular weight excluding hydrogens is 326 g/mol. The second kappa shape index (κ2) is 8.19. The largest absolute Gasteiger partial charge is 0.482 e. The Morgan fingerprint density at radius 3 is 2.71 bits per heavy atom. The molecule has 1 atom stereocenters. The van der Waals surface area contributed by atoms with E-state index in [4.69, 9.17) is 4.74 Å². The average Bonchev–Trinajstić information content (AvgIpc) is 2.98. The molecule has 1 aromatic heterocycles. The van der Waals surface area contributed by atoms with Crippen molar-refractivity contribution in [3.63, 3.8) is 0 Å². The highest BCUT2D eigenvalue weighted by Crippen LogP contribution is 2.27. The van der Waals surface area contributed by atoms with Crippen molar-refractivity contribution in [1.82, 2.24) is 14.8 Å². The smallest absolute Gasteiger partial charge is 0.316 e. The number of hydrogen-bond donors (Lipinski definition) is 0. The molecule has 6 nitrogen and oxygen atoms in total. The van der Waals surface area contributed by atoms with Gasteiger partial charge in [0.15, 0.2) is 17.1 Å². The van der Waals surface area contributed by atoms with E-state index in [2.05, 4.69) is 27.9 Å². The fourth-order valence-electron chi connectivity index (χ4n) is 2.36. The molecule has 0 saturated heterocycles. The van der Waals surface area contributed by atoms with Crippen molar-refractivity contribution in [1.29, 1.82) is 0 Å². The molecule has 7 heteroatoms. The molecular formula is C17H23N3O3S. The average molecular weight is 349 g/mol.